The van der Waals surface area contributed by atoms with Gasteiger partial charge in [-0.1, -0.05) is 19.1 Å². The SMILES string of the molecule is CCCn1c(=O)n(Cc2coc(-c3ccc(OC)cc3)n2)c2ccccc21. The first-order valence-electron chi connectivity index (χ1n) is 8.98. The van der Waals surface area contributed by atoms with E-state index in [-0.39, 0.29) is 5.69 Å². The average molecular weight is 363 g/mol. The first-order chi connectivity index (χ1) is 13.2. The fourth-order valence-electron chi connectivity index (χ4n) is 3.27. The Labute approximate surface area is 156 Å². The van der Waals surface area contributed by atoms with E-state index in [1.165, 1.54) is 0 Å². The second-order valence-corrected chi connectivity index (χ2v) is 6.38. The first kappa shape index (κ1) is 17.1. The molecule has 27 heavy (non-hydrogen) atoms. The van der Waals surface area contributed by atoms with Gasteiger partial charge in [0.05, 0.1) is 30.4 Å². The van der Waals surface area contributed by atoms with Crippen molar-refractivity contribution in [1.82, 2.24) is 14.1 Å². The van der Waals surface area contributed by atoms with E-state index in [9.17, 15) is 4.79 Å². The second kappa shape index (κ2) is 7.15. The van der Waals surface area contributed by atoms with Crippen LogP contribution < -0.4 is 10.4 Å². The number of methoxy groups -OCH3 is 1. The minimum Gasteiger partial charge on any atom is -0.497 e. The molecule has 0 aliphatic carbocycles. The lowest BCUT2D eigenvalue weighted by Gasteiger charge is -2.00. The summed E-state index contributed by atoms with van der Waals surface area (Å²) in [7, 11) is 1.63. The van der Waals surface area contributed by atoms with E-state index in [0.717, 1.165) is 28.8 Å². The number of imidazole rings is 1. The van der Waals surface area contributed by atoms with E-state index in [1.807, 2.05) is 53.1 Å². The number of aromatic nitrogens is 3. The number of para-hydroxylation sites is 2. The molecular weight excluding hydrogens is 342 g/mol. The van der Waals surface area contributed by atoms with Crippen molar-refractivity contribution in [3.8, 4) is 17.2 Å². The van der Waals surface area contributed by atoms with Gasteiger partial charge in [0.15, 0.2) is 0 Å². The van der Waals surface area contributed by atoms with Crippen LogP contribution in [0.25, 0.3) is 22.5 Å². The van der Waals surface area contributed by atoms with Crippen molar-refractivity contribution in [3.05, 3.63) is 71.0 Å². The van der Waals surface area contributed by atoms with Gasteiger partial charge >= 0.3 is 5.69 Å². The molecular formula is C21H21N3O3. The van der Waals surface area contributed by atoms with E-state index in [0.29, 0.717) is 24.7 Å². The van der Waals surface area contributed by atoms with Crippen molar-refractivity contribution in [3.63, 3.8) is 0 Å². The average Bonchev–Trinajstić information content (AvgIpc) is 3.28. The van der Waals surface area contributed by atoms with Crippen molar-refractivity contribution >= 4 is 11.0 Å². The molecule has 0 N–H and O–H groups in total. The summed E-state index contributed by atoms with van der Waals surface area (Å²) in [6, 6.07) is 15.4. The number of rotatable bonds is 6. The summed E-state index contributed by atoms with van der Waals surface area (Å²) in [6.45, 7) is 3.13. The van der Waals surface area contributed by atoms with Crippen LogP contribution in [0.1, 0.15) is 19.0 Å². The lowest BCUT2D eigenvalue weighted by molar-refractivity contribution is 0.415. The van der Waals surface area contributed by atoms with E-state index >= 15 is 0 Å². The Morgan fingerprint density at radius 2 is 1.74 bits per heavy atom. The van der Waals surface area contributed by atoms with Gasteiger partial charge in [-0.15, -0.1) is 0 Å². The minimum atomic E-state index is -0.0213. The van der Waals surface area contributed by atoms with Crippen LogP contribution in [0.4, 0.5) is 0 Å². The summed E-state index contributed by atoms with van der Waals surface area (Å²) in [6.07, 6.45) is 2.51. The highest BCUT2D eigenvalue weighted by molar-refractivity contribution is 5.76. The molecule has 4 rings (SSSR count). The zero-order chi connectivity index (χ0) is 18.8. The lowest BCUT2D eigenvalue weighted by atomic mass is 10.2. The first-order valence-corrected chi connectivity index (χ1v) is 8.98. The normalized spacial score (nSPS) is 11.2. The smallest absolute Gasteiger partial charge is 0.329 e. The molecule has 6 heteroatoms. The Balaban J connectivity index is 1.68. The third-order valence-electron chi connectivity index (χ3n) is 4.58. The maximum Gasteiger partial charge on any atom is 0.329 e. The third-order valence-corrected chi connectivity index (χ3v) is 4.58. The van der Waals surface area contributed by atoms with Crippen molar-refractivity contribution in [2.45, 2.75) is 26.4 Å². The monoisotopic (exact) mass is 363 g/mol. The number of oxazole rings is 1. The van der Waals surface area contributed by atoms with Gasteiger partial charge in [0.25, 0.3) is 0 Å². The molecule has 0 aliphatic heterocycles. The van der Waals surface area contributed by atoms with Gasteiger partial charge in [-0.3, -0.25) is 9.13 Å². The van der Waals surface area contributed by atoms with Gasteiger partial charge in [-0.05, 0) is 42.8 Å². The summed E-state index contributed by atoms with van der Waals surface area (Å²) in [5.41, 5.74) is 3.41. The third kappa shape index (κ3) is 3.14. The molecule has 138 valence electrons. The number of hydrogen-bond donors (Lipinski definition) is 0. The summed E-state index contributed by atoms with van der Waals surface area (Å²) in [4.78, 5) is 17.4. The Hall–Kier alpha value is -3.28. The lowest BCUT2D eigenvalue weighted by Crippen LogP contribution is -2.24. The van der Waals surface area contributed by atoms with Crippen molar-refractivity contribution < 1.29 is 9.15 Å². The number of benzene rings is 2. The van der Waals surface area contributed by atoms with E-state index in [2.05, 4.69) is 11.9 Å². The molecule has 0 spiro atoms. The fraction of sp³-hybridized carbons (Fsp3) is 0.238. The van der Waals surface area contributed by atoms with Crippen LogP contribution in [0, 0.1) is 0 Å². The molecule has 2 heterocycles. The van der Waals surface area contributed by atoms with Gasteiger partial charge < -0.3 is 9.15 Å². The van der Waals surface area contributed by atoms with Crippen LogP contribution in [0.15, 0.2) is 64.0 Å². The van der Waals surface area contributed by atoms with Crippen molar-refractivity contribution in [2.75, 3.05) is 7.11 Å². The largest absolute Gasteiger partial charge is 0.497 e. The number of nitrogens with zero attached hydrogens (tertiary/aromatic N) is 3. The highest BCUT2D eigenvalue weighted by Crippen LogP contribution is 2.22. The molecule has 0 bridgehead atoms. The number of ether oxygens (including phenoxy) is 1. The number of hydrogen-bond acceptors (Lipinski definition) is 4. The summed E-state index contributed by atoms with van der Waals surface area (Å²) in [5.74, 6) is 1.30. The Bertz CT molecular complexity index is 1120. The van der Waals surface area contributed by atoms with Gasteiger partial charge in [0.1, 0.15) is 12.0 Å². The van der Waals surface area contributed by atoms with Crippen LogP contribution in [-0.4, -0.2) is 21.2 Å². The zero-order valence-corrected chi connectivity index (χ0v) is 15.4. The molecule has 0 saturated heterocycles. The van der Waals surface area contributed by atoms with Crippen LogP contribution in [-0.2, 0) is 13.1 Å². The maximum absolute atomic E-state index is 12.9. The molecule has 2 aromatic carbocycles. The van der Waals surface area contributed by atoms with Crippen LogP contribution in [0.3, 0.4) is 0 Å². The maximum atomic E-state index is 12.9. The molecule has 0 saturated carbocycles. The quantitative estimate of drug-likeness (QED) is 0.521. The highest BCUT2D eigenvalue weighted by Gasteiger charge is 2.14. The zero-order valence-electron chi connectivity index (χ0n) is 15.4. The van der Waals surface area contributed by atoms with E-state index in [4.69, 9.17) is 9.15 Å². The minimum absolute atomic E-state index is 0.0213. The van der Waals surface area contributed by atoms with E-state index in [1.54, 1.807) is 17.9 Å². The summed E-state index contributed by atoms with van der Waals surface area (Å²) < 4.78 is 14.4. The highest BCUT2D eigenvalue weighted by atomic mass is 16.5. The van der Waals surface area contributed by atoms with Gasteiger partial charge in [-0.25, -0.2) is 9.78 Å². The van der Waals surface area contributed by atoms with Gasteiger partial charge in [-0.2, -0.15) is 0 Å². The Morgan fingerprint density at radius 1 is 1.04 bits per heavy atom. The van der Waals surface area contributed by atoms with Gasteiger partial charge in [0.2, 0.25) is 5.89 Å². The Morgan fingerprint density at radius 3 is 2.41 bits per heavy atom. The predicted octanol–water partition coefficient (Wildman–Crippen LogP) is 3.92. The second-order valence-electron chi connectivity index (χ2n) is 6.38. The van der Waals surface area contributed by atoms with Gasteiger partial charge in [0, 0.05) is 12.1 Å². The molecule has 0 aliphatic rings. The fourth-order valence-corrected chi connectivity index (χ4v) is 3.27. The molecule has 0 unspecified atom stereocenters. The topological polar surface area (TPSA) is 62.2 Å². The molecule has 0 fully saturated rings. The molecule has 0 radical (unpaired) electrons. The molecule has 0 amide bonds. The molecule has 6 nitrogen and oxygen atoms in total. The number of fused-ring (bicyclic) bond motifs is 1. The molecule has 4 aromatic rings. The van der Waals surface area contributed by atoms with Crippen molar-refractivity contribution in [2.24, 2.45) is 0 Å². The summed E-state index contributed by atoms with van der Waals surface area (Å²) in [5, 5.41) is 0. The van der Waals surface area contributed by atoms with Crippen LogP contribution in [0.2, 0.25) is 0 Å². The predicted molar refractivity (Wildman–Crippen MR) is 104 cm³/mol. The van der Waals surface area contributed by atoms with Crippen molar-refractivity contribution in [1.29, 1.82) is 0 Å². The summed E-state index contributed by atoms with van der Waals surface area (Å²) >= 11 is 0. The molecule has 2 aromatic heterocycles. The number of aryl methyl sites for hydroxylation is 1. The molecule has 0 atom stereocenters. The van der Waals surface area contributed by atoms with Crippen LogP contribution >= 0.6 is 0 Å². The van der Waals surface area contributed by atoms with E-state index < -0.39 is 0 Å². The standard InChI is InChI=1S/C21H21N3O3/c1-3-12-23-18-6-4-5-7-19(18)24(21(23)25)13-16-14-27-20(22-16)15-8-10-17(26-2)11-9-15/h4-11,14H,3,12-13H2,1-2H3. The van der Waals surface area contributed by atoms with Crippen LogP contribution in [0.5, 0.6) is 5.75 Å². The Kier molecular flexibility index (Phi) is 4.54.